The molecule has 0 radical (unpaired) electrons. The first-order chi connectivity index (χ1) is 10.9. The number of nitrogens with zero attached hydrogens (tertiary/aromatic N) is 1. The molecule has 1 amide bonds. The van der Waals surface area contributed by atoms with Gasteiger partial charge in [-0.05, 0) is 31.5 Å². The molecule has 2 N–H and O–H groups in total. The number of carbonyl (C=O) groups excluding carboxylic acids is 1. The topological polar surface area (TPSA) is 102 Å². The fourth-order valence-electron chi connectivity index (χ4n) is 2.21. The van der Waals surface area contributed by atoms with E-state index in [0.29, 0.717) is 17.0 Å². The van der Waals surface area contributed by atoms with Crippen molar-refractivity contribution < 1.29 is 24.0 Å². The van der Waals surface area contributed by atoms with Crippen LogP contribution >= 0.6 is 0 Å². The highest BCUT2D eigenvalue weighted by atomic mass is 16.5. The number of rotatable bonds is 6. The van der Waals surface area contributed by atoms with E-state index < -0.39 is 5.97 Å². The SMILES string of the molecule is COc1ccc(CNC(=O)Cc2c(C)noc2C)cc1C(=O)O. The second kappa shape index (κ2) is 6.95. The number of aromatic carboxylic acids is 1. The van der Waals surface area contributed by atoms with Crippen LogP contribution in [-0.4, -0.2) is 29.2 Å². The van der Waals surface area contributed by atoms with E-state index in [2.05, 4.69) is 10.5 Å². The number of nitrogens with one attached hydrogen (secondary N) is 1. The molecule has 0 unspecified atom stereocenters. The third-order valence-corrected chi connectivity index (χ3v) is 3.50. The van der Waals surface area contributed by atoms with Gasteiger partial charge >= 0.3 is 5.97 Å². The van der Waals surface area contributed by atoms with Gasteiger partial charge in [0.25, 0.3) is 0 Å². The number of carboxylic acid groups (broad SMARTS) is 1. The lowest BCUT2D eigenvalue weighted by atomic mass is 10.1. The minimum absolute atomic E-state index is 0.0602. The Morgan fingerprint density at radius 3 is 2.65 bits per heavy atom. The highest BCUT2D eigenvalue weighted by molar-refractivity contribution is 5.91. The average Bonchev–Trinajstić information content (AvgIpc) is 2.84. The van der Waals surface area contributed by atoms with Crippen LogP contribution < -0.4 is 10.1 Å². The van der Waals surface area contributed by atoms with E-state index in [4.69, 9.17) is 14.4 Å². The molecular weight excluding hydrogens is 300 g/mol. The Balaban J connectivity index is 2.02. The molecule has 0 saturated carbocycles. The number of methoxy groups -OCH3 is 1. The minimum Gasteiger partial charge on any atom is -0.496 e. The Bertz CT molecular complexity index is 717. The first-order valence-electron chi connectivity index (χ1n) is 7.01. The zero-order chi connectivity index (χ0) is 17.0. The summed E-state index contributed by atoms with van der Waals surface area (Å²) in [5.41, 5.74) is 2.19. The van der Waals surface area contributed by atoms with Crippen molar-refractivity contribution in [1.82, 2.24) is 10.5 Å². The summed E-state index contributed by atoms with van der Waals surface area (Å²) in [5.74, 6) is -0.364. The fraction of sp³-hybridized carbons (Fsp3) is 0.312. The van der Waals surface area contributed by atoms with Crippen LogP contribution in [0.4, 0.5) is 0 Å². The third kappa shape index (κ3) is 3.88. The maximum atomic E-state index is 12.0. The molecule has 1 heterocycles. The molecular formula is C16H18N2O5. The Kier molecular flexibility index (Phi) is 5.00. The first-order valence-corrected chi connectivity index (χ1v) is 7.01. The van der Waals surface area contributed by atoms with Crippen LogP contribution in [0.3, 0.4) is 0 Å². The van der Waals surface area contributed by atoms with Gasteiger partial charge in [-0.3, -0.25) is 4.79 Å². The molecule has 0 bridgehead atoms. The molecule has 122 valence electrons. The predicted octanol–water partition coefficient (Wildman–Crippen LogP) is 1.86. The van der Waals surface area contributed by atoms with Crippen LogP contribution in [-0.2, 0) is 17.8 Å². The summed E-state index contributed by atoms with van der Waals surface area (Å²) < 4.78 is 10.0. The first kappa shape index (κ1) is 16.5. The lowest BCUT2D eigenvalue weighted by Crippen LogP contribution is -2.25. The number of hydrogen-bond donors (Lipinski definition) is 2. The number of benzene rings is 1. The van der Waals surface area contributed by atoms with Crippen molar-refractivity contribution in [1.29, 1.82) is 0 Å². The van der Waals surface area contributed by atoms with Crippen molar-refractivity contribution in [2.75, 3.05) is 7.11 Å². The number of ether oxygens (including phenoxy) is 1. The molecule has 0 atom stereocenters. The molecule has 0 aliphatic carbocycles. The Labute approximate surface area is 133 Å². The summed E-state index contributed by atoms with van der Waals surface area (Å²) in [6, 6.07) is 4.76. The molecule has 0 aliphatic heterocycles. The van der Waals surface area contributed by atoms with Gasteiger partial charge in [-0.2, -0.15) is 0 Å². The number of carbonyl (C=O) groups is 2. The van der Waals surface area contributed by atoms with E-state index in [9.17, 15) is 9.59 Å². The van der Waals surface area contributed by atoms with E-state index in [1.165, 1.54) is 13.2 Å². The average molecular weight is 318 g/mol. The highest BCUT2D eigenvalue weighted by Crippen LogP contribution is 2.20. The number of hydrogen-bond acceptors (Lipinski definition) is 5. The molecule has 1 aromatic carbocycles. The zero-order valence-corrected chi connectivity index (χ0v) is 13.2. The lowest BCUT2D eigenvalue weighted by molar-refractivity contribution is -0.120. The van der Waals surface area contributed by atoms with Crippen molar-refractivity contribution in [3.05, 3.63) is 46.3 Å². The number of aromatic nitrogens is 1. The molecule has 7 nitrogen and oxygen atoms in total. The summed E-state index contributed by atoms with van der Waals surface area (Å²) in [6.45, 7) is 3.76. The van der Waals surface area contributed by atoms with Gasteiger partial charge in [0.1, 0.15) is 17.1 Å². The normalized spacial score (nSPS) is 10.4. The van der Waals surface area contributed by atoms with Crippen molar-refractivity contribution in [3.8, 4) is 5.75 Å². The molecule has 0 aliphatic rings. The van der Waals surface area contributed by atoms with Gasteiger partial charge in [0.15, 0.2) is 0 Å². The van der Waals surface area contributed by atoms with Crippen molar-refractivity contribution in [2.24, 2.45) is 0 Å². The van der Waals surface area contributed by atoms with Crippen LogP contribution in [0.5, 0.6) is 5.75 Å². The van der Waals surface area contributed by atoms with Gasteiger partial charge in [0.05, 0.1) is 19.2 Å². The van der Waals surface area contributed by atoms with Gasteiger partial charge in [-0.25, -0.2) is 4.79 Å². The fourth-order valence-corrected chi connectivity index (χ4v) is 2.21. The Morgan fingerprint density at radius 2 is 2.09 bits per heavy atom. The molecule has 1 aromatic heterocycles. The van der Waals surface area contributed by atoms with Gasteiger partial charge < -0.3 is 19.7 Å². The van der Waals surface area contributed by atoms with Crippen molar-refractivity contribution >= 4 is 11.9 Å². The molecule has 0 fully saturated rings. The van der Waals surface area contributed by atoms with E-state index in [1.807, 2.05) is 0 Å². The molecule has 2 aromatic rings. The molecule has 7 heteroatoms. The number of carboxylic acids is 1. The summed E-state index contributed by atoms with van der Waals surface area (Å²) in [5, 5.41) is 15.7. The van der Waals surface area contributed by atoms with E-state index in [-0.39, 0.29) is 30.2 Å². The molecule has 0 spiro atoms. The lowest BCUT2D eigenvalue weighted by Gasteiger charge is -2.09. The monoisotopic (exact) mass is 318 g/mol. The van der Waals surface area contributed by atoms with Crippen molar-refractivity contribution in [2.45, 2.75) is 26.8 Å². The second-order valence-electron chi connectivity index (χ2n) is 5.10. The minimum atomic E-state index is -1.08. The summed E-state index contributed by atoms with van der Waals surface area (Å²) in [6.07, 6.45) is 0.170. The zero-order valence-electron chi connectivity index (χ0n) is 13.2. The maximum Gasteiger partial charge on any atom is 0.339 e. The molecule has 23 heavy (non-hydrogen) atoms. The van der Waals surface area contributed by atoms with E-state index >= 15 is 0 Å². The Hall–Kier alpha value is -2.83. The van der Waals surface area contributed by atoms with Gasteiger partial charge in [-0.15, -0.1) is 0 Å². The van der Waals surface area contributed by atoms with Crippen molar-refractivity contribution in [3.63, 3.8) is 0 Å². The maximum absolute atomic E-state index is 12.0. The number of aryl methyl sites for hydroxylation is 2. The summed E-state index contributed by atoms with van der Waals surface area (Å²) in [4.78, 5) is 23.2. The van der Waals surface area contributed by atoms with Crippen LogP contribution in [0.2, 0.25) is 0 Å². The van der Waals surface area contributed by atoms with Crippen LogP contribution in [0.25, 0.3) is 0 Å². The van der Waals surface area contributed by atoms with Crippen LogP contribution in [0.1, 0.15) is 32.9 Å². The smallest absolute Gasteiger partial charge is 0.339 e. The van der Waals surface area contributed by atoms with E-state index in [1.54, 1.807) is 26.0 Å². The third-order valence-electron chi connectivity index (χ3n) is 3.50. The van der Waals surface area contributed by atoms with E-state index in [0.717, 1.165) is 5.56 Å². The second-order valence-corrected chi connectivity index (χ2v) is 5.10. The Morgan fingerprint density at radius 1 is 1.35 bits per heavy atom. The van der Waals surface area contributed by atoms with Gasteiger partial charge in [0, 0.05) is 12.1 Å². The van der Waals surface area contributed by atoms with Crippen LogP contribution in [0.15, 0.2) is 22.7 Å². The number of amides is 1. The highest BCUT2D eigenvalue weighted by Gasteiger charge is 2.14. The van der Waals surface area contributed by atoms with Gasteiger partial charge in [-0.1, -0.05) is 11.2 Å². The summed E-state index contributed by atoms with van der Waals surface area (Å²) in [7, 11) is 1.41. The van der Waals surface area contributed by atoms with Crippen LogP contribution in [0, 0.1) is 13.8 Å². The largest absolute Gasteiger partial charge is 0.496 e. The molecule has 0 saturated heterocycles. The standard InChI is InChI=1S/C16H18N2O5/c1-9-12(10(2)23-18-9)7-15(19)17-8-11-4-5-14(22-3)13(6-11)16(20)21/h4-6H,7-8H2,1-3H3,(H,17,19)(H,20,21). The quantitative estimate of drug-likeness (QED) is 0.843. The van der Waals surface area contributed by atoms with Gasteiger partial charge in [0.2, 0.25) is 5.91 Å². The molecule has 2 rings (SSSR count). The predicted molar refractivity (Wildman–Crippen MR) is 81.5 cm³/mol. The summed E-state index contributed by atoms with van der Waals surface area (Å²) >= 11 is 0.